The summed E-state index contributed by atoms with van der Waals surface area (Å²) in [7, 11) is 0. The number of carbonyl (C=O) groups is 2. The Morgan fingerprint density at radius 1 is 1.41 bits per heavy atom. The summed E-state index contributed by atoms with van der Waals surface area (Å²) in [6, 6.07) is -1.27. The number of carboxylic acids is 1. The predicted molar refractivity (Wildman–Crippen MR) is 52.3 cm³/mol. The van der Waals surface area contributed by atoms with Crippen molar-refractivity contribution in [2.45, 2.75) is 50.9 Å². The van der Waals surface area contributed by atoms with Gasteiger partial charge < -0.3 is 10.0 Å². The molecule has 1 aliphatic rings. The highest BCUT2D eigenvalue weighted by Crippen LogP contribution is 2.30. The molecule has 1 N–H and O–H groups in total. The number of amides is 1. The Bertz CT molecular complexity index is 312. The second-order valence-corrected chi connectivity index (χ2v) is 4.16. The molecule has 1 rings (SSSR count). The lowest BCUT2D eigenvalue weighted by molar-refractivity contribution is -0.156. The third kappa shape index (κ3) is 4.24. The minimum atomic E-state index is -4.39. The van der Waals surface area contributed by atoms with Crippen molar-refractivity contribution >= 4 is 11.9 Å². The number of alkyl halides is 3. The van der Waals surface area contributed by atoms with Gasteiger partial charge in [-0.2, -0.15) is 13.2 Å². The molecule has 1 fully saturated rings. The molecule has 1 aliphatic carbocycles. The summed E-state index contributed by atoms with van der Waals surface area (Å²) >= 11 is 0. The van der Waals surface area contributed by atoms with Crippen molar-refractivity contribution in [1.82, 2.24) is 4.90 Å². The predicted octanol–water partition coefficient (Wildman–Crippen LogP) is 1.79. The van der Waals surface area contributed by atoms with Crippen molar-refractivity contribution in [3.8, 4) is 0 Å². The monoisotopic (exact) mass is 253 g/mol. The average Bonchev–Trinajstić information content (AvgIpc) is 2.97. The van der Waals surface area contributed by atoms with Crippen LogP contribution in [0.2, 0.25) is 0 Å². The van der Waals surface area contributed by atoms with Gasteiger partial charge in [0.05, 0.1) is 6.42 Å². The zero-order valence-electron chi connectivity index (χ0n) is 9.33. The maximum absolute atomic E-state index is 12.0. The van der Waals surface area contributed by atoms with Gasteiger partial charge in [-0.3, -0.25) is 4.79 Å². The average molecular weight is 253 g/mol. The van der Waals surface area contributed by atoms with Crippen molar-refractivity contribution in [1.29, 1.82) is 0 Å². The molecule has 4 nitrogen and oxygen atoms in total. The maximum Gasteiger partial charge on any atom is 0.389 e. The van der Waals surface area contributed by atoms with Crippen LogP contribution in [0.25, 0.3) is 0 Å². The number of rotatable bonds is 5. The van der Waals surface area contributed by atoms with Crippen LogP contribution in [0.15, 0.2) is 0 Å². The van der Waals surface area contributed by atoms with Crippen LogP contribution in [0.4, 0.5) is 13.2 Å². The Labute approximate surface area is 96.4 Å². The van der Waals surface area contributed by atoms with Crippen LogP contribution in [-0.2, 0) is 9.59 Å². The molecular weight excluding hydrogens is 239 g/mol. The lowest BCUT2D eigenvalue weighted by Crippen LogP contribution is -2.44. The van der Waals surface area contributed by atoms with E-state index >= 15 is 0 Å². The van der Waals surface area contributed by atoms with Crippen LogP contribution in [0.5, 0.6) is 0 Å². The van der Waals surface area contributed by atoms with Crippen LogP contribution in [-0.4, -0.2) is 40.1 Å². The molecule has 0 aromatic rings. The van der Waals surface area contributed by atoms with E-state index in [1.807, 2.05) is 0 Å². The highest BCUT2D eigenvalue weighted by molar-refractivity contribution is 5.84. The fourth-order valence-corrected chi connectivity index (χ4v) is 1.59. The van der Waals surface area contributed by atoms with E-state index < -0.39 is 36.9 Å². The van der Waals surface area contributed by atoms with Gasteiger partial charge in [-0.05, 0) is 19.8 Å². The molecule has 0 aromatic heterocycles. The number of halogens is 3. The van der Waals surface area contributed by atoms with Gasteiger partial charge in [0.15, 0.2) is 0 Å². The van der Waals surface area contributed by atoms with Gasteiger partial charge in [-0.15, -0.1) is 0 Å². The van der Waals surface area contributed by atoms with Gasteiger partial charge in [0.2, 0.25) is 5.91 Å². The van der Waals surface area contributed by atoms with Gasteiger partial charge >= 0.3 is 12.1 Å². The molecule has 1 saturated carbocycles. The van der Waals surface area contributed by atoms with Crippen LogP contribution < -0.4 is 0 Å². The van der Waals surface area contributed by atoms with Gasteiger partial charge in [0, 0.05) is 12.5 Å². The highest BCUT2D eigenvalue weighted by Gasteiger charge is 2.39. The number of nitrogens with zero attached hydrogens (tertiary/aromatic N) is 1. The molecule has 0 spiro atoms. The van der Waals surface area contributed by atoms with E-state index in [1.54, 1.807) is 0 Å². The molecule has 0 bridgehead atoms. The summed E-state index contributed by atoms with van der Waals surface area (Å²) < 4.78 is 35.9. The first-order chi connectivity index (χ1) is 7.72. The van der Waals surface area contributed by atoms with E-state index in [0.717, 1.165) is 4.90 Å². The first-order valence-corrected chi connectivity index (χ1v) is 5.33. The molecule has 0 aliphatic heterocycles. The first kappa shape index (κ1) is 13.8. The fourth-order valence-electron chi connectivity index (χ4n) is 1.59. The quantitative estimate of drug-likeness (QED) is 0.812. The van der Waals surface area contributed by atoms with E-state index in [0.29, 0.717) is 12.8 Å². The van der Waals surface area contributed by atoms with E-state index in [4.69, 9.17) is 5.11 Å². The molecule has 17 heavy (non-hydrogen) atoms. The van der Waals surface area contributed by atoms with E-state index in [2.05, 4.69) is 0 Å². The SMILES string of the molecule is CC(C(=O)O)N(C(=O)CCC(F)(F)F)C1CC1. The van der Waals surface area contributed by atoms with Gasteiger partial charge in [-0.25, -0.2) is 4.79 Å². The Hall–Kier alpha value is -1.27. The zero-order valence-corrected chi connectivity index (χ0v) is 9.33. The van der Waals surface area contributed by atoms with Crippen LogP contribution in [0, 0.1) is 0 Å². The maximum atomic E-state index is 12.0. The molecule has 1 unspecified atom stereocenters. The number of aliphatic carboxylic acids is 1. The zero-order chi connectivity index (χ0) is 13.2. The standard InChI is InChI=1S/C10H14F3NO3/c1-6(9(16)17)14(7-2-3-7)8(15)4-5-10(11,12)13/h6-7H,2-5H2,1H3,(H,16,17). The lowest BCUT2D eigenvalue weighted by Gasteiger charge is -2.26. The molecule has 0 radical (unpaired) electrons. The molecule has 1 amide bonds. The summed E-state index contributed by atoms with van der Waals surface area (Å²) in [4.78, 5) is 23.4. The summed E-state index contributed by atoms with van der Waals surface area (Å²) in [5.41, 5.74) is 0. The minimum absolute atomic E-state index is 0.207. The van der Waals surface area contributed by atoms with Crippen molar-refractivity contribution in [3.63, 3.8) is 0 Å². The number of carboxylic acid groups (broad SMARTS) is 1. The number of carbonyl (C=O) groups excluding carboxylic acids is 1. The number of hydrogen-bond acceptors (Lipinski definition) is 2. The third-order valence-corrected chi connectivity index (χ3v) is 2.63. The summed E-state index contributed by atoms with van der Waals surface area (Å²) in [6.07, 6.45) is -4.96. The van der Waals surface area contributed by atoms with Crippen molar-refractivity contribution in [3.05, 3.63) is 0 Å². The van der Waals surface area contributed by atoms with E-state index in [9.17, 15) is 22.8 Å². The Kier molecular flexibility index (Phi) is 4.00. The van der Waals surface area contributed by atoms with Crippen LogP contribution >= 0.6 is 0 Å². The molecule has 0 aromatic carbocycles. The lowest BCUT2D eigenvalue weighted by atomic mass is 10.2. The van der Waals surface area contributed by atoms with Gasteiger partial charge in [0.1, 0.15) is 6.04 Å². The third-order valence-electron chi connectivity index (χ3n) is 2.63. The second kappa shape index (κ2) is 4.93. The van der Waals surface area contributed by atoms with Crippen molar-refractivity contribution < 1.29 is 27.9 Å². The Morgan fingerprint density at radius 3 is 2.29 bits per heavy atom. The summed E-state index contributed by atoms with van der Waals surface area (Å²) in [5.74, 6) is -1.93. The highest BCUT2D eigenvalue weighted by atomic mass is 19.4. The minimum Gasteiger partial charge on any atom is -0.480 e. The van der Waals surface area contributed by atoms with E-state index in [1.165, 1.54) is 6.92 Å². The van der Waals surface area contributed by atoms with Crippen LogP contribution in [0.1, 0.15) is 32.6 Å². The molecule has 98 valence electrons. The normalized spacial score (nSPS) is 17.6. The summed E-state index contributed by atoms with van der Waals surface area (Å²) in [5, 5.41) is 8.79. The molecular formula is C10H14F3NO3. The van der Waals surface area contributed by atoms with Crippen LogP contribution in [0.3, 0.4) is 0 Å². The Balaban J connectivity index is 2.59. The van der Waals surface area contributed by atoms with Crippen molar-refractivity contribution in [2.24, 2.45) is 0 Å². The van der Waals surface area contributed by atoms with Crippen molar-refractivity contribution in [2.75, 3.05) is 0 Å². The molecule has 7 heteroatoms. The Morgan fingerprint density at radius 2 is 1.94 bits per heavy atom. The van der Waals surface area contributed by atoms with E-state index in [-0.39, 0.29) is 6.04 Å². The topological polar surface area (TPSA) is 57.6 Å². The first-order valence-electron chi connectivity index (χ1n) is 5.33. The molecule has 0 saturated heterocycles. The molecule has 1 atom stereocenters. The van der Waals surface area contributed by atoms with Gasteiger partial charge in [-0.1, -0.05) is 0 Å². The second-order valence-electron chi connectivity index (χ2n) is 4.16. The smallest absolute Gasteiger partial charge is 0.389 e. The van der Waals surface area contributed by atoms with Gasteiger partial charge in [0.25, 0.3) is 0 Å². The largest absolute Gasteiger partial charge is 0.480 e. The number of hydrogen-bond donors (Lipinski definition) is 1. The molecule has 0 heterocycles. The fraction of sp³-hybridized carbons (Fsp3) is 0.800. The summed E-state index contributed by atoms with van der Waals surface area (Å²) in [6.45, 7) is 1.31.